The van der Waals surface area contributed by atoms with Crippen molar-refractivity contribution in [3.63, 3.8) is 0 Å². The summed E-state index contributed by atoms with van der Waals surface area (Å²) in [5.41, 5.74) is 0.299. The number of nitrogens with one attached hydrogen (secondary N) is 2. The van der Waals surface area contributed by atoms with Crippen LogP contribution in [-0.4, -0.2) is 83.1 Å². The van der Waals surface area contributed by atoms with Gasteiger partial charge >= 0.3 is 29.8 Å². The molecule has 4 aromatic rings. The number of hydrogen-bond donors (Lipinski definition) is 6. The smallest absolute Gasteiger partial charge is 0.336 e. The zero-order chi connectivity index (χ0) is 45.5. The molecule has 0 aliphatic carbocycles. The van der Waals surface area contributed by atoms with E-state index in [0.29, 0.717) is 25.7 Å². The maximum atomic E-state index is 12.3. The summed E-state index contributed by atoms with van der Waals surface area (Å²) in [5.74, 6) is -5.11. The highest BCUT2D eigenvalue weighted by Crippen LogP contribution is 2.39. The van der Waals surface area contributed by atoms with Crippen molar-refractivity contribution in [3.8, 4) is 0 Å². The largest absolute Gasteiger partial charge is 0.481 e. The highest BCUT2D eigenvalue weighted by Gasteiger charge is 2.43. The third-order valence-electron chi connectivity index (χ3n) is 10.2. The Balaban J connectivity index is 0.000000331. The third kappa shape index (κ3) is 15.9. The highest BCUT2D eigenvalue weighted by molar-refractivity contribution is 5.88. The molecule has 6 N–H and O–H groups in total. The second kappa shape index (κ2) is 25.7. The minimum Gasteiger partial charge on any atom is -0.481 e. The molecule has 0 amide bonds. The Kier molecular flexibility index (Phi) is 21.6. The van der Waals surface area contributed by atoms with E-state index in [4.69, 9.17) is 29.9 Å². The first kappa shape index (κ1) is 51.3. The molecule has 330 valence electrons. The summed E-state index contributed by atoms with van der Waals surface area (Å²) in [4.78, 5) is 55.0. The van der Waals surface area contributed by atoms with Crippen LogP contribution in [0.2, 0.25) is 0 Å². The summed E-state index contributed by atoms with van der Waals surface area (Å²) >= 11 is 0. The monoisotopic (exact) mass is 842 g/mol. The van der Waals surface area contributed by atoms with Gasteiger partial charge in [0.25, 0.3) is 0 Å². The molecule has 13 nitrogen and oxygen atoms in total. The molecule has 0 aromatic heterocycles. The molecular formula is C48H62N2O11. The van der Waals surface area contributed by atoms with Crippen LogP contribution in [0.1, 0.15) is 75.6 Å². The molecule has 13 heteroatoms. The maximum Gasteiger partial charge on any atom is 0.336 e. The Morgan fingerprint density at radius 2 is 0.836 bits per heavy atom. The van der Waals surface area contributed by atoms with Crippen LogP contribution < -0.4 is 10.6 Å². The van der Waals surface area contributed by atoms with Crippen molar-refractivity contribution >= 4 is 29.8 Å². The molecule has 0 spiro atoms. The maximum absolute atomic E-state index is 12.3. The van der Waals surface area contributed by atoms with E-state index in [-0.39, 0.29) is 23.8 Å². The van der Waals surface area contributed by atoms with Gasteiger partial charge in [0.1, 0.15) is 11.2 Å². The van der Waals surface area contributed by atoms with Gasteiger partial charge in [-0.15, -0.1) is 0 Å². The number of ether oxygens (including phenoxy) is 2. The van der Waals surface area contributed by atoms with Crippen LogP contribution in [0.3, 0.4) is 0 Å². The van der Waals surface area contributed by atoms with Crippen molar-refractivity contribution in [1.82, 2.24) is 10.6 Å². The fraction of sp³-hybridized carbons (Fsp3) is 0.396. The van der Waals surface area contributed by atoms with Crippen molar-refractivity contribution in [2.45, 2.75) is 83.0 Å². The third-order valence-corrected chi connectivity index (χ3v) is 10.2. The lowest BCUT2D eigenvalue weighted by Crippen LogP contribution is -2.44. The predicted molar refractivity (Wildman–Crippen MR) is 233 cm³/mol. The quantitative estimate of drug-likeness (QED) is 0.0489. The molecule has 0 unspecified atom stereocenters. The number of carboxylic acid groups (broad SMARTS) is 3. The second-order valence-corrected chi connectivity index (χ2v) is 14.9. The van der Waals surface area contributed by atoms with Crippen LogP contribution in [0.15, 0.2) is 121 Å². The normalized spacial score (nSPS) is 13.8. The molecule has 0 heterocycles. The number of esters is 2. The van der Waals surface area contributed by atoms with Gasteiger partial charge in [0.2, 0.25) is 0 Å². The van der Waals surface area contributed by atoms with E-state index in [1.807, 2.05) is 101 Å². The van der Waals surface area contributed by atoms with Gasteiger partial charge in [-0.3, -0.25) is 19.2 Å². The Bertz CT molecular complexity index is 1800. The fourth-order valence-electron chi connectivity index (χ4n) is 6.96. The van der Waals surface area contributed by atoms with Crippen LogP contribution in [0.4, 0.5) is 0 Å². The van der Waals surface area contributed by atoms with Gasteiger partial charge < -0.3 is 40.5 Å². The first-order chi connectivity index (χ1) is 29.0. The topological polar surface area (TPSA) is 209 Å². The summed E-state index contributed by atoms with van der Waals surface area (Å²) in [7, 11) is 3.85. The number of aliphatic hydroxyl groups is 1. The van der Waals surface area contributed by atoms with Crippen molar-refractivity contribution < 1.29 is 53.9 Å². The summed E-state index contributed by atoms with van der Waals surface area (Å²) in [6.07, 6.45) is -0.229. The molecule has 0 saturated carbocycles. The molecule has 0 aliphatic heterocycles. The number of carbonyl (C=O) groups excluding carboxylic acids is 2. The van der Waals surface area contributed by atoms with Crippen molar-refractivity contribution in [3.05, 3.63) is 144 Å². The van der Waals surface area contributed by atoms with E-state index >= 15 is 0 Å². The van der Waals surface area contributed by atoms with E-state index in [1.165, 1.54) is 0 Å². The fourth-order valence-corrected chi connectivity index (χ4v) is 6.96. The summed E-state index contributed by atoms with van der Waals surface area (Å²) < 4.78 is 12.2. The van der Waals surface area contributed by atoms with Gasteiger partial charge in [-0.1, -0.05) is 149 Å². The van der Waals surface area contributed by atoms with Crippen molar-refractivity contribution in [2.24, 2.45) is 11.8 Å². The summed E-state index contributed by atoms with van der Waals surface area (Å²) in [5, 5.41) is 40.3. The molecule has 0 radical (unpaired) electrons. The van der Waals surface area contributed by atoms with Gasteiger partial charge in [-0.25, -0.2) is 4.79 Å². The van der Waals surface area contributed by atoms with Crippen LogP contribution in [0, 0.1) is 11.8 Å². The lowest BCUT2D eigenvalue weighted by Gasteiger charge is -2.39. The highest BCUT2D eigenvalue weighted by atomic mass is 16.6. The van der Waals surface area contributed by atoms with Gasteiger partial charge in [-0.05, 0) is 36.3 Å². The van der Waals surface area contributed by atoms with E-state index in [0.717, 1.165) is 35.3 Å². The molecule has 0 saturated heterocycles. The van der Waals surface area contributed by atoms with Crippen LogP contribution >= 0.6 is 0 Å². The van der Waals surface area contributed by atoms with Crippen LogP contribution in [0.25, 0.3) is 0 Å². The Morgan fingerprint density at radius 3 is 1.08 bits per heavy atom. The number of carboxylic acids is 3. The number of hydrogen-bond acceptors (Lipinski definition) is 10. The van der Waals surface area contributed by atoms with Gasteiger partial charge in [0, 0.05) is 50.6 Å². The Hall–Kier alpha value is -5.89. The molecule has 61 heavy (non-hydrogen) atoms. The molecule has 4 aromatic carbocycles. The number of aliphatic carboxylic acids is 3. The minimum absolute atomic E-state index is 0.126. The first-order valence-electron chi connectivity index (χ1n) is 20.3. The lowest BCUT2D eigenvalue weighted by atomic mass is 9.77. The minimum atomic E-state index is -2.74. The zero-order valence-electron chi connectivity index (χ0n) is 36.0. The second-order valence-electron chi connectivity index (χ2n) is 14.9. The molecule has 0 aliphatic rings. The zero-order valence-corrected chi connectivity index (χ0v) is 36.0. The van der Waals surface area contributed by atoms with E-state index < -0.39 is 47.6 Å². The Labute approximate surface area is 359 Å². The van der Waals surface area contributed by atoms with Gasteiger partial charge in [-0.2, -0.15) is 0 Å². The average molecular weight is 843 g/mol. The van der Waals surface area contributed by atoms with E-state index in [9.17, 15) is 24.0 Å². The molecule has 0 fully saturated rings. The van der Waals surface area contributed by atoms with E-state index in [1.54, 1.807) is 0 Å². The van der Waals surface area contributed by atoms with Crippen LogP contribution in [0.5, 0.6) is 0 Å². The number of rotatable bonds is 21. The number of carbonyl (C=O) groups is 5. The first-order valence-corrected chi connectivity index (χ1v) is 20.3. The SMILES string of the molecule is CCC(=O)O[C@](Cc1ccccc1)(c1ccccc1)[C@H](C)CNC.CCC(=O)O[C@](Cc1ccccc1)(c1ccccc1)[C@H](C)CNC.O=C(O)CC(O)(CC(=O)O)C(=O)O. The van der Waals surface area contributed by atoms with Gasteiger partial charge in [0.15, 0.2) is 5.60 Å². The summed E-state index contributed by atoms with van der Waals surface area (Å²) in [6.45, 7) is 9.47. The summed E-state index contributed by atoms with van der Waals surface area (Å²) in [6, 6.07) is 40.6. The van der Waals surface area contributed by atoms with Gasteiger partial charge in [0.05, 0.1) is 12.8 Å². The van der Waals surface area contributed by atoms with Crippen LogP contribution in [-0.2, 0) is 57.5 Å². The standard InChI is InChI=1S/2C21H27NO2.C6H8O7/c2*1-4-20(23)24-21(17(2)16-22-3,19-13-9-6-10-14-19)15-18-11-7-5-8-12-18;7-3(8)1-6(13,5(11)12)2-4(9)10/h2*5-14,17,22H,4,15-16H2,1-3H3;13H,1-2H2,(H,7,8)(H,9,10)(H,11,12)/t2*17-,21+;/m11./s1. The average Bonchev–Trinajstić information content (AvgIpc) is 3.24. The lowest BCUT2D eigenvalue weighted by molar-refractivity contribution is -0.170. The molecular weight excluding hydrogens is 781 g/mol. The van der Waals surface area contributed by atoms with Crippen molar-refractivity contribution in [2.75, 3.05) is 27.2 Å². The molecule has 4 atom stereocenters. The Morgan fingerprint density at radius 1 is 0.541 bits per heavy atom. The number of benzene rings is 4. The predicted octanol–water partition coefficient (Wildman–Crippen LogP) is 6.62. The van der Waals surface area contributed by atoms with Crippen molar-refractivity contribution in [1.29, 1.82) is 0 Å². The van der Waals surface area contributed by atoms with E-state index in [2.05, 4.69) is 73.0 Å². The molecule has 0 bridgehead atoms. The molecule has 4 rings (SSSR count).